The van der Waals surface area contributed by atoms with Crippen LogP contribution >= 0.6 is 15.9 Å². The number of hydrogen-bond donors (Lipinski definition) is 2. The van der Waals surface area contributed by atoms with Gasteiger partial charge in [-0.2, -0.15) is 0 Å². The molecule has 0 aromatic heterocycles. The van der Waals surface area contributed by atoms with Crippen molar-refractivity contribution in [1.82, 2.24) is 15.1 Å². The van der Waals surface area contributed by atoms with Crippen LogP contribution in [0.2, 0.25) is 0 Å². The minimum Gasteiger partial charge on any atom is -0.455 e. The molecule has 2 N–H and O–H groups in total. The number of alkyl halides is 1. The van der Waals surface area contributed by atoms with Crippen LogP contribution in [0.1, 0.15) is 77.4 Å². The van der Waals surface area contributed by atoms with Gasteiger partial charge in [0.1, 0.15) is 17.7 Å². The molecule has 3 heterocycles. The summed E-state index contributed by atoms with van der Waals surface area (Å²) in [5.41, 5.74) is -1.17. The quantitative estimate of drug-likeness (QED) is 0.0913. The van der Waals surface area contributed by atoms with Gasteiger partial charge in [-0.3, -0.25) is 19.2 Å². The Morgan fingerprint density at radius 2 is 1.86 bits per heavy atom. The molecule has 0 aliphatic carbocycles. The van der Waals surface area contributed by atoms with E-state index >= 15 is 0 Å². The number of methoxy groups -OCH3 is 1. The van der Waals surface area contributed by atoms with E-state index < -0.39 is 53.2 Å². The van der Waals surface area contributed by atoms with Gasteiger partial charge in [0.05, 0.1) is 30.6 Å². The van der Waals surface area contributed by atoms with Gasteiger partial charge < -0.3 is 34.4 Å². The van der Waals surface area contributed by atoms with Crippen LogP contribution in [0.3, 0.4) is 0 Å². The number of benzene rings is 1. The molecule has 50 heavy (non-hydrogen) atoms. The lowest BCUT2D eigenvalue weighted by Gasteiger charge is -2.42. The summed E-state index contributed by atoms with van der Waals surface area (Å²) in [4.78, 5) is 59.7. The molecule has 1 aromatic carbocycles. The third kappa shape index (κ3) is 8.35. The lowest BCUT2D eigenvalue weighted by Crippen LogP contribution is -2.60. The van der Waals surface area contributed by atoms with Crippen molar-refractivity contribution >= 4 is 39.6 Å². The van der Waals surface area contributed by atoms with Crippen molar-refractivity contribution in [2.24, 2.45) is 11.8 Å². The van der Waals surface area contributed by atoms with Crippen LogP contribution in [0.4, 0.5) is 0 Å². The number of nitrogens with one attached hydrogen (secondary N) is 1. The van der Waals surface area contributed by atoms with Gasteiger partial charge in [-0.25, -0.2) is 0 Å². The van der Waals surface area contributed by atoms with Gasteiger partial charge in [0.25, 0.3) is 0 Å². The minimum atomic E-state index is -1.25. The second kappa shape index (κ2) is 17.4. The maximum atomic E-state index is 14.7. The van der Waals surface area contributed by atoms with Crippen molar-refractivity contribution in [3.8, 4) is 0 Å². The summed E-state index contributed by atoms with van der Waals surface area (Å²) in [6.45, 7) is 14.1. The number of aliphatic hydroxyl groups is 1. The number of rotatable bonds is 19. The van der Waals surface area contributed by atoms with E-state index in [2.05, 4.69) is 34.4 Å². The van der Waals surface area contributed by atoms with E-state index in [0.29, 0.717) is 37.8 Å². The van der Waals surface area contributed by atoms with E-state index in [1.165, 1.54) is 7.11 Å². The molecule has 276 valence electrons. The van der Waals surface area contributed by atoms with Crippen LogP contribution in [0.25, 0.3) is 0 Å². The Morgan fingerprint density at radius 3 is 2.48 bits per heavy atom. The van der Waals surface area contributed by atoms with Gasteiger partial charge in [-0.15, -0.1) is 13.2 Å². The van der Waals surface area contributed by atoms with Crippen molar-refractivity contribution in [1.29, 1.82) is 0 Å². The molecule has 0 saturated carbocycles. The van der Waals surface area contributed by atoms with E-state index in [1.807, 2.05) is 51.1 Å². The third-order valence-corrected chi connectivity index (χ3v) is 10.8. The van der Waals surface area contributed by atoms with Crippen LogP contribution < -0.4 is 5.32 Å². The zero-order valence-corrected chi connectivity index (χ0v) is 31.4. The van der Waals surface area contributed by atoms with E-state index in [9.17, 15) is 24.3 Å². The average Bonchev–Trinajstić information content (AvgIpc) is 3.67. The first-order valence-electron chi connectivity index (χ1n) is 17.7. The molecule has 4 rings (SSSR count). The highest BCUT2D eigenvalue weighted by Gasteiger charge is 2.77. The second-order valence-electron chi connectivity index (χ2n) is 14.5. The molecule has 1 aromatic rings. The van der Waals surface area contributed by atoms with Gasteiger partial charge in [0.2, 0.25) is 17.7 Å². The Bertz CT molecular complexity index is 1370. The molecule has 11 nitrogen and oxygen atoms in total. The summed E-state index contributed by atoms with van der Waals surface area (Å²) in [5.74, 6) is -3.36. The number of amides is 3. The number of esters is 1. The lowest BCUT2D eigenvalue weighted by atomic mass is 9.70. The molecular formula is C38H54BrN3O8. The first kappa shape index (κ1) is 39.7. The monoisotopic (exact) mass is 759 g/mol. The maximum absolute atomic E-state index is 14.7. The van der Waals surface area contributed by atoms with Gasteiger partial charge in [-0.05, 0) is 52.0 Å². The number of ether oxygens (including phenoxy) is 3. The predicted octanol–water partition coefficient (Wildman–Crippen LogP) is 4.48. The molecule has 3 saturated heterocycles. The highest BCUT2D eigenvalue weighted by molar-refractivity contribution is 9.09. The van der Waals surface area contributed by atoms with Crippen molar-refractivity contribution in [2.75, 3.05) is 33.4 Å². The Kier molecular flexibility index (Phi) is 13.9. The summed E-state index contributed by atoms with van der Waals surface area (Å²) in [6, 6.07) is 7.45. The Balaban J connectivity index is 1.72. The summed E-state index contributed by atoms with van der Waals surface area (Å²) < 4.78 is 18.5. The molecule has 12 heteroatoms. The van der Waals surface area contributed by atoms with Gasteiger partial charge in [0, 0.05) is 43.6 Å². The molecule has 3 aliphatic rings. The fourth-order valence-electron chi connectivity index (χ4n) is 7.76. The number of carbonyl (C=O) groups excluding carboxylic acids is 4. The Morgan fingerprint density at radius 1 is 1.16 bits per heavy atom. The summed E-state index contributed by atoms with van der Waals surface area (Å²) in [5, 5.41) is 12.2. The zero-order valence-electron chi connectivity index (χ0n) is 29.9. The normalized spacial score (nSPS) is 26.6. The number of unbranched alkanes of at least 4 members (excludes halogenated alkanes) is 3. The van der Waals surface area contributed by atoms with Crippen molar-refractivity contribution in [3.05, 3.63) is 61.2 Å². The summed E-state index contributed by atoms with van der Waals surface area (Å²) in [6.07, 6.45) is 5.61. The molecule has 3 amide bonds. The largest absolute Gasteiger partial charge is 0.455 e. The highest BCUT2D eigenvalue weighted by Crippen LogP contribution is 2.60. The standard InChI is InChI=1S/C38H54BrN3O8/c1-7-9-19-28(44)40-27(24-48-6)31(25-17-13-12-14-18-25)49-36(47)29-30-34(45)41(21-15-10-11-16-22-43)33(38(30)23-26(39)32(29)50-38)35(46)42(20-8-2)37(3,4)5/h7-8,12-14,17-18,26-27,29-33,43H,1-2,9-11,15-16,19-24H2,3-6H3,(H,40,44)/t26?,27-,29-,30+,31-,32-,33-,38+/m1/s1. The number of aliphatic hydroxyl groups excluding tert-OH is 1. The van der Waals surface area contributed by atoms with E-state index in [1.54, 1.807) is 22.0 Å². The second-order valence-corrected chi connectivity index (χ2v) is 15.6. The van der Waals surface area contributed by atoms with Crippen LogP contribution in [0, 0.1) is 11.8 Å². The van der Waals surface area contributed by atoms with Crippen LogP contribution in [-0.4, -0.2) is 106 Å². The topological polar surface area (TPSA) is 135 Å². The summed E-state index contributed by atoms with van der Waals surface area (Å²) >= 11 is 3.75. The minimum absolute atomic E-state index is 0.0667. The molecule has 3 fully saturated rings. The van der Waals surface area contributed by atoms with Crippen LogP contribution in [0.5, 0.6) is 0 Å². The van der Waals surface area contributed by atoms with Crippen molar-refractivity contribution in [3.63, 3.8) is 0 Å². The first-order chi connectivity index (χ1) is 23.9. The van der Waals surface area contributed by atoms with Gasteiger partial charge >= 0.3 is 5.97 Å². The average molecular weight is 761 g/mol. The number of fused-ring (bicyclic) bond motifs is 1. The van der Waals surface area contributed by atoms with E-state index in [-0.39, 0.29) is 48.7 Å². The number of nitrogens with zero attached hydrogens (tertiary/aromatic N) is 2. The van der Waals surface area contributed by atoms with Crippen molar-refractivity contribution in [2.45, 2.75) is 106 Å². The molecule has 3 aliphatic heterocycles. The maximum Gasteiger partial charge on any atom is 0.313 e. The van der Waals surface area contributed by atoms with E-state index in [0.717, 1.165) is 12.8 Å². The fraction of sp³-hybridized carbons (Fsp3) is 0.632. The Labute approximate surface area is 304 Å². The number of likely N-dealkylation sites (tertiary alicyclic amines) is 1. The highest BCUT2D eigenvalue weighted by atomic mass is 79.9. The molecular weight excluding hydrogens is 706 g/mol. The number of carbonyl (C=O) groups is 4. The molecule has 0 radical (unpaired) electrons. The molecule has 1 unspecified atom stereocenters. The van der Waals surface area contributed by atoms with Crippen LogP contribution in [-0.2, 0) is 33.4 Å². The molecule has 1 spiro atoms. The lowest BCUT2D eigenvalue weighted by molar-refractivity contribution is -0.163. The van der Waals surface area contributed by atoms with Gasteiger partial charge in [-0.1, -0.05) is 71.3 Å². The van der Waals surface area contributed by atoms with Crippen molar-refractivity contribution < 1.29 is 38.5 Å². The van der Waals surface area contributed by atoms with E-state index in [4.69, 9.17) is 14.2 Å². The smallest absolute Gasteiger partial charge is 0.313 e. The number of halogens is 1. The predicted molar refractivity (Wildman–Crippen MR) is 193 cm³/mol. The Hall–Kier alpha value is -3.06. The number of hydrogen-bond acceptors (Lipinski definition) is 8. The third-order valence-electron chi connectivity index (χ3n) is 9.99. The number of allylic oxidation sites excluding steroid dienone is 1. The van der Waals surface area contributed by atoms with Gasteiger partial charge in [0.15, 0.2) is 0 Å². The van der Waals surface area contributed by atoms with Crippen LogP contribution in [0.15, 0.2) is 55.6 Å². The zero-order chi connectivity index (χ0) is 36.6. The molecule has 8 atom stereocenters. The fourth-order valence-corrected chi connectivity index (χ4v) is 8.71. The first-order valence-corrected chi connectivity index (χ1v) is 18.6. The summed E-state index contributed by atoms with van der Waals surface area (Å²) in [7, 11) is 1.51. The SMILES string of the molecule is C=CCCC(=O)N[C@H](COC)[C@H](OC(=O)[C@H]1[C@@H]2O[C@@]3(CC2Br)[C@@H]1C(=O)N(CCCCCCO)[C@@H]3C(=O)N(CC=C)C(C)(C)C)c1ccccc1. The molecule has 2 bridgehead atoms.